The van der Waals surface area contributed by atoms with Crippen molar-refractivity contribution in [3.8, 4) is 0 Å². The summed E-state index contributed by atoms with van der Waals surface area (Å²) in [7, 11) is 0. The Bertz CT molecular complexity index is 970. The molecule has 0 aliphatic heterocycles. The molecule has 0 saturated carbocycles. The van der Waals surface area contributed by atoms with E-state index in [1.165, 1.54) is 257 Å². The predicted molar refractivity (Wildman–Crippen MR) is 283 cm³/mol. The molecule has 0 radical (unpaired) electrons. The van der Waals surface area contributed by atoms with E-state index in [0.29, 0.717) is 25.9 Å². The number of hydrogen-bond acceptors (Lipinski definition) is 5. The van der Waals surface area contributed by atoms with Gasteiger partial charge in [-0.1, -0.05) is 276 Å². The van der Waals surface area contributed by atoms with Crippen molar-refractivity contribution in [2.75, 3.05) is 13.2 Å². The van der Waals surface area contributed by atoms with Gasteiger partial charge >= 0.3 is 5.97 Å². The molecule has 0 saturated heterocycles. The number of allylic oxidation sites excluding steroid dienone is 2. The second kappa shape index (κ2) is 55.2. The molecule has 386 valence electrons. The molecule has 0 aromatic rings. The summed E-state index contributed by atoms with van der Waals surface area (Å²) in [5, 5.41) is 23.1. The number of aliphatic hydroxyl groups excluding tert-OH is 2. The molecule has 0 spiro atoms. The van der Waals surface area contributed by atoms with Crippen molar-refractivity contribution in [2.24, 2.45) is 0 Å². The first-order valence-electron chi connectivity index (χ1n) is 29.4. The standard InChI is InChI=1S/C59H115NO5/c1-3-5-7-9-11-13-15-16-17-23-27-30-33-37-41-45-49-53-59(64)65-54-50-46-42-38-34-31-28-25-22-20-18-19-21-24-26-29-32-36-40-44-48-52-58(63)60-56(55-61)57(62)51-47-43-39-35-14-12-10-8-6-4-2/h19,21,56-57,61-62H,3-18,20,22-55H2,1-2H3,(H,60,63)/b21-19-. The number of nitrogens with one attached hydrogen (secondary N) is 1. The van der Waals surface area contributed by atoms with Crippen LogP contribution in [0, 0.1) is 0 Å². The van der Waals surface area contributed by atoms with Gasteiger partial charge in [0.15, 0.2) is 0 Å². The van der Waals surface area contributed by atoms with Gasteiger partial charge in [0.05, 0.1) is 25.4 Å². The second-order valence-corrected chi connectivity index (χ2v) is 20.3. The summed E-state index contributed by atoms with van der Waals surface area (Å²) in [6.45, 7) is 4.95. The average molecular weight is 919 g/mol. The fraction of sp³-hybridized carbons (Fsp3) is 0.932. The first kappa shape index (κ1) is 63.6. The lowest BCUT2D eigenvalue weighted by Crippen LogP contribution is -2.45. The summed E-state index contributed by atoms with van der Waals surface area (Å²) in [5.41, 5.74) is 0. The molecule has 0 heterocycles. The summed E-state index contributed by atoms with van der Waals surface area (Å²) in [6, 6.07) is -0.544. The zero-order valence-electron chi connectivity index (χ0n) is 44.0. The second-order valence-electron chi connectivity index (χ2n) is 20.3. The van der Waals surface area contributed by atoms with E-state index in [-0.39, 0.29) is 18.5 Å². The van der Waals surface area contributed by atoms with Crippen LogP contribution in [0.3, 0.4) is 0 Å². The van der Waals surface area contributed by atoms with Crippen LogP contribution in [0.1, 0.15) is 328 Å². The number of rotatable bonds is 55. The van der Waals surface area contributed by atoms with Crippen molar-refractivity contribution >= 4 is 11.9 Å². The SMILES string of the molecule is CCCCCCCCCCCCCCCCCCCC(=O)OCCCCCCCCCCCC/C=C\CCCCCCCCCC(=O)NC(CO)C(O)CCCCCCCCCCCC. The molecule has 2 atom stereocenters. The number of amides is 1. The van der Waals surface area contributed by atoms with E-state index in [2.05, 4.69) is 31.3 Å². The van der Waals surface area contributed by atoms with Crippen molar-refractivity contribution in [3.05, 3.63) is 12.2 Å². The summed E-state index contributed by atoms with van der Waals surface area (Å²) < 4.78 is 5.49. The van der Waals surface area contributed by atoms with Gasteiger partial charge in [-0.2, -0.15) is 0 Å². The van der Waals surface area contributed by atoms with Crippen molar-refractivity contribution < 1.29 is 24.5 Å². The Morgan fingerprint density at radius 2 is 0.723 bits per heavy atom. The first-order valence-corrected chi connectivity index (χ1v) is 29.4. The first-order chi connectivity index (χ1) is 32.0. The molecule has 3 N–H and O–H groups in total. The van der Waals surface area contributed by atoms with Gasteiger partial charge in [0.25, 0.3) is 0 Å². The molecule has 0 aliphatic rings. The van der Waals surface area contributed by atoms with E-state index in [4.69, 9.17) is 4.74 Å². The smallest absolute Gasteiger partial charge is 0.305 e. The highest BCUT2D eigenvalue weighted by Gasteiger charge is 2.20. The molecular weight excluding hydrogens is 803 g/mol. The number of esters is 1. The molecule has 0 aliphatic carbocycles. The minimum atomic E-state index is -0.666. The molecule has 0 aromatic carbocycles. The van der Waals surface area contributed by atoms with Crippen LogP contribution in [0.15, 0.2) is 12.2 Å². The van der Waals surface area contributed by atoms with Crippen LogP contribution in [-0.4, -0.2) is 47.4 Å². The Hall–Kier alpha value is -1.40. The van der Waals surface area contributed by atoms with E-state index in [1.54, 1.807) is 0 Å². The lowest BCUT2D eigenvalue weighted by atomic mass is 10.0. The zero-order chi connectivity index (χ0) is 47.2. The minimum Gasteiger partial charge on any atom is -0.466 e. The van der Waals surface area contributed by atoms with Crippen LogP contribution in [0.25, 0.3) is 0 Å². The monoisotopic (exact) mass is 918 g/mol. The maximum Gasteiger partial charge on any atom is 0.305 e. The van der Waals surface area contributed by atoms with Crippen LogP contribution >= 0.6 is 0 Å². The Morgan fingerprint density at radius 1 is 0.415 bits per heavy atom. The Morgan fingerprint density at radius 3 is 1.09 bits per heavy atom. The maximum atomic E-state index is 12.4. The number of hydrogen-bond donors (Lipinski definition) is 3. The third kappa shape index (κ3) is 51.8. The quantitative estimate of drug-likeness (QED) is 0.0321. The number of carbonyl (C=O) groups is 2. The summed E-state index contributed by atoms with van der Waals surface area (Å²) in [6.07, 6.45) is 65.0. The normalized spacial score (nSPS) is 12.6. The van der Waals surface area contributed by atoms with E-state index in [9.17, 15) is 19.8 Å². The fourth-order valence-corrected chi connectivity index (χ4v) is 9.28. The Labute approximate surface area is 406 Å². The lowest BCUT2D eigenvalue weighted by molar-refractivity contribution is -0.143. The van der Waals surface area contributed by atoms with Crippen molar-refractivity contribution in [2.45, 2.75) is 341 Å². The van der Waals surface area contributed by atoms with Crippen LogP contribution in [0.4, 0.5) is 0 Å². The molecule has 65 heavy (non-hydrogen) atoms. The molecular formula is C59H115NO5. The van der Waals surface area contributed by atoms with E-state index in [1.807, 2.05) is 0 Å². The third-order valence-electron chi connectivity index (χ3n) is 13.8. The van der Waals surface area contributed by atoms with Gasteiger partial charge in [-0.25, -0.2) is 0 Å². The summed E-state index contributed by atoms with van der Waals surface area (Å²) in [5.74, 6) is -0.0308. The molecule has 0 aromatic heterocycles. The van der Waals surface area contributed by atoms with Gasteiger partial charge in [-0.15, -0.1) is 0 Å². The molecule has 0 rings (SSSR count). The molecule has 0 fully saturated rings. The Balaban J connectivity index is 3.37. The van der Waals surface area contributed by atoms with Crippen LogP contribution < -0.4 is 5.32 Å². The van der Waals surface area contributed by atoms with Gasteiger partial charge in [0, 0.05) is 12.8 Å². The van der Waals surface area contributed by atoms with Crippen molar-refractivity contribution in [3.63, 3.8) is 0 Å². The Kier molecular flexibility index (Phi) is 54.0. The minimum absolute atomic E-state index is 0.0125. The number of carbonyl (C=O) groups excluding carboxylic acids is 2. The highest BCUT2D eigenvalue weighted by molar-refractivity contribution is 5.76. The van der Waals surface area contributed by atoms with E-state index in [0.717, 1.165) is 38.5 Å². The molecule has 1 amide bonds. The number of aliphatic hydroxyl groups is 2. The van der Waals surface area contributed by atoms with Crippen molar-refractivity contribution in [1.82, 2.24) is 5.32 Å². The van der Waals surface area contributed by atoms with Crippen LogP contribution in [0.2, 0.25) is 0 Å². The highest BCUT2D eigenvalue weighted by Crippen LogP contribution is 2.17. The number of ether oxygens (including phenoxy) is 1. The van der Waals surface area contributed by atoms with E-state index >= 15 is 0 Å². The van der Waals surface area contributed by atoms with Gasteiger partial charge in [-0.3, -0.25) is 9.59 Å². The number of unbranched alkanes of at least 4 members (excludes halogenated alkanes) is 42. The van der Waals surface area contributed by atoms with Gasteiger partial charge < -0.3 is 20.3 Å². The maximum absolute atomic E-state index is 12.4. The molecule has 6 nitrogen and oxygen atoms in total. The van der Waals surface area contributed by atoms with Crippen LogP contribution in [0.5, 0.6) is 0 Å². The third-order valence-corrected chi connectivity index (χ3v) is 13.8. The van der Waals surface area contributed by atoms with Gasteiger partial charge in [0.2, 0.25) is 5.91 Å². The molecule has 6 heteroatoms. The molecule has 2 unspecified atom stereocenters. The lowest BCUT2D eigenvalue weighted by Gasteiger charge is -2.22. The van der Waals surface area contributed by atoms with Gasteiger partial charge in [0.1, 0.15) is 0 Å². The predicted octanol–water partition coefficient (Wildman–Crippen LogP) is 18.1. The summed E-state index contributed by atoms with van der Waals surface area (Å²) in [4.78, 5) is 24.5. The zero-order valence-corrected chi connectivity index (χ0v) is 44.0. The fourth-order valence-electron chi connectivity index (χ4n) is 9.28. The van der Waals surface area contributed by atoms with Gasteiger partial charge in [-0.05, 0) is 51.4 Å². The molecule has 0 bridgehead atoms. The largest absolute Gasteiger partial charge is 0.466 e. The van der Waals surface area contributed by atoms with Crippen LogP contribution in [-0.2, 0) is 14.3 Å². The van der Waals surface area contributed by atoms with Crippen molar-refractivity contribution in [1.29, 1.82) is 0 Å². The highest BCUT2D eigenvalue weighted by atomic mass is 16.5. The van der Waals surface area contributed by atoms with E-state index < -0.39 is 12.1 Å². The summed E-state index contributed by atoms with van der Waals surface area (Å²) >= 11 is 0. The average Bonchev–Trinajstić information content (AvgIpc) is 3.31. The topological polar surface area (TPSA) is 95.9 Å².